The third-order valence-corrected chi connectivity index (χ3v) is 5.13. The molecule has 0 aromatic heterocycles. The van der Waals surface area contributed by atoms with Gasteiger partial charge in [0.15, 0.2) is 0 Å². The predicted octanol–water partition coefficient (Wildman–Crippen LogP) is 4.81. The number of hydrogen-bond donors (Lipinski definition) is 1. The molecule has 26 heavy (non-hydrogen) atoms. The summed E-state index contributed by atoms with van der Waals surface area (Å²) in [7, 11) is 0. The zero-order valence-electron chi connectivity index (χ0n) is 15.0. The standard InChI is InChI=1S/C23H24O3/c1-17-15-23(24,11-12-25-17)21-7-4-8-22(14-21)26-16-18-9-10-19-5-2-3-6-20(19)13-18/h2-10,13-14,17,24H,11-12,15-16H2,1H3. The Labute approximate surface area is 154 Å². The fourth-order valence-electron chi connectivity index (χ4n) is 3.70. The minimum atomic E-state index is -0.833. The van der Waals surface area contributed by atoms with Crippen LogP contribution in [-0.4, -0.2) is 17.8 Å². The number of ether oxygens (including phenoxy) is 2. The van der Waals surface area contributed by atoms with Gasteiger partial charge in [-0.15, -0.1) is 0 Å². The maximum absolute atomic E-state index is 11.0. The van der Waals surface area contributed by atoms with Crippen LogP contribution >= 0.6 is 0 Å². The first kappa shape index (κ1) is 17.1. The second kappa shape index (κ2) is 7.10. The highest BCUT2D eigenvalue weighted by Gasteiger charge is 2.35. The third kappa shape index (κ3) is 3.59. The zero-order chi connectivity index (χ0) is 18.0. The van der Waals surface area contributed by atoms with Gasteiger partial charge in [0, 0.05) is 12.8 Å². The third-order valence-electron chi connectivity index (χ3n) is 5.13. The van der Waals surface area contributed by atoms with Crippen LogP contribution in [0.4, 0.5) is 0 Å². The summed E-state index contributed by atoms with van der Waals surface area (Å²) in [4.78, 5) is 0. The lowest BCUT2D eigenvalue weighted by atomic mass is 9.84. The molecule has 0 aliphatic carbocycles. The molecule has 1 heterocycles. The van der Waals surface area contributed by atoms with Crippen LogP contribution in [0.3, 0.4) is 0 Å². The first-order chi connectivity index (χ1) is 12.6. The smallest absolute Gasteiger partial charge is 0.120 e. The van der Waals surface area contributed by atoms with E-state index in [-0.39, 0.29) is 6.10 Å². The van der Waals surface area contributed by atoms with Crippen LogP contribution in [0.15, 0.2) is 66.7 Å². The molecule has 1 N–H and O–H groups in total. The largest absolute Gasteiger partial charge is 0.489 e. The molecule has 1 saturated heterocycles. The van der Waals surface area contributed by atoms with Crippen LogP contribution in [0.1, 0.15) is 30.9 Å². The topological polar surface area (TPSA) is 38.7 Å². The number of benzene rings is 3. The number of rotatable bonds is 4. The van der Waals surface area contributed by atoms with Gasteiger partial charge in [-0.25, -0.2) is 0 Å². The molecule has 134 valence electrons. The van der Waals surface area contributed by atoms with Crippen LogP contribution < -0.4 is 4.74 Å². The van der Waals surface area contributed by atoms with Crippen molar-refractivity contribution in [2.45, 2.75) is 38.1 Å². The van der Waals surface area contributed by atoms with E-state index in [4.69, 9.17) is 9.47 Å². The number of hydrogen-bond acceptors (Lipinski definition) is 3. The Hall–Kier alpha value is -2.36. The van der Waals surface area contributed by atoms with Gasteiger partial charge in [-0.05, 0) is 47.0 Å². The second-order valence-electron chi connectivity index (χ2n) is 7.17. The molecule has 4 rings (SSSR count). The average Bonchev–Trinajstić information content (AvgIpc) is 2.66. The fourth-order valence-corrected chi connectivity index (χ4v) is 3.70. The quantitative estimate of drug-likeness (QED) is 0.736. The van der Waals surface area contributed by atoms with Gasteiger partial charge in [-0.1, -0.05) is 48.5 Å². The Morgan fingerprint density at radius 2 is 1.88 bits per heavy atom. The van der Waals surface area contributed by atoms with E-state index >= 15 is 0 Å². The monoisotopic (exact) mass is 348 g/mol. The summed E-state index contributed by atoms with van der Waals surface area (Å²) in [5, 5.41) is 13.5. The van der Waals surface area contributed by atoms with Crippen LogP contribution in [0, 0.1) is 0 Å². The molecule has 3 heteroatoms. The molecule has 1 aliphatic rings. The summed E-state index contributed by atoms with van der Waals surface area (Å²) in [6.07, 6.45) is 1.29. The van der Waals surface area contributed by atoms with Crippen LogP contribution in [-0.2, 0) is 16.9 Å². The molecular weight excluding hydrogens is 324 g/mol. The van der Waals surface area contributed by atoms with Gasteiger partial charge in [-0.2, -0.15) is 0 Å². The fraction of sp³-hybridized carbons (Fsp3) is 0.304. The molecule has 0 radical (unpaired) electrons. The SMILES string of the molecule is CC1CC(O)(c2cccc(OCc3ccc4ccccc4c3)c2)CCO1. The highest BCUT2D eigenvalue weighted by Crippen LogP contribution is 2.36. The molecule has 0 saturated carbocycles. The van der Waals surface area contributed by atoms with E-state index in [0.29, 0.717) is 26.1 Å². The zero-order valence-corrected chi connectivity index (χ0v) is 15.0. The minimum Gasteiger partial charge on any atom is -0.489 e. The van der Waals surface area contributed by atoms with Crippen LogP contribution in [0.5, 0.6) is 5.75 Å². The van der Waals surface area contributed by atoms with Crippen molar-refractivity contribution in [2.75, 3.05) is 6.61 Å². The predicted molar refractivity (Wildman–Crippen MR) is 103 cm³/mol. The molecule has 2 unspecified atom stereocenters. The maximum Gasteiger partial charge on any atom is 0.120 e. The van der Waals surface area contributed by atoms with Gasteiger partial charge in [0.2, 0.25) is 0 Å². The first-order valence-electron chi connectivity index (χ1n) is 9.17. The summed E-state index contributed by atoms with van der Waals surface area (Å²) >= 11 is 0. The van der Waals surface area contributed by atoms with E-state index in [1.165, 1.54) is 10.8 Å². The molecule has 0 spiro atoms. The molecule has 3 aromatic carbocycles. The normalized spacial score (nSPS) is 23.1. The van der Waals surface area contributed by atoms with Gasteiger partial charge < -0.3 is 14.6 Å². The summed E-state index contributed by atoms with van der Waals surface area (Å²) in [6.45, 7) is 3.09. The Morgan fingerprint density at radius 3 is 2.73 bits per heavy atom. The molecule has 1 fully saturated rings. The molecule has 3 nitrogen and oxygen atoms in total. The molecule has 2 atom stereocenters. The lowest BCUT2D eigenvalue weighted by Gasteiger charge is -2.36. The Balaban J connectivity index is 1.49. The average molecular weight is 348 g/mol. The number of fused-ring (bicyclic) bond motifs is 1. The van der Waals surface area contributed by atoms with Gasteiger partial charge in [0.05, 0.1) is 18.3 Å². The molecule has 1 aliphatic heterocycles. The van der Waals surface area contributed by atoms with Gasteiger partial charge in [-0.3, -0.25) is 0 Å². The van der Waals surface area contributed by atoms with Gasteiger partial charge in [0.1, 0.15) is 12.4 Å². The Bertz CT molecular complexity index is 905. The van der Waals surface area contributed by atoms with Crippen molar-refractivity contribution in [3.63, 3.8) is 0 Å². The van der Waals surface area contributed by atoms with Gasteiger partial charge in [0.25, 0.3) is 0 Å². The first-order valence-corrected chi connectivity index (χ1v) is 9.17. The van der Waals surface area contributed by atoms with E-state index in [1.54, 1.807) is 0 Å². The Morgan fingerprint density at radius 1 is 1.04 bits per heavy atom. The minimum absolute atomic E-state index is 0.0657. The van der Waals surface area contributed by atoms with Crippen molar-refractivity contribution in [1.82, 2.24) is 0 Å². The maximum atomic E-state index is 11.0. The van der Waals surface area contributed by atoms with Crippen molar-refractivity contribution in [1.29, 1.82) is 0 Å². The summed E-state index contributed by atoms with van der Waals surface area (Å²) < 4.78 is 11.6. The van der Waals surface area contributed by atoms with E-state index in [2.05, 4.69) is 30.3 Å². The van der Waals surface area contributed by atoms with Crippen molar-refractivity contribution in [3.8, 4) is 5.75 Å². The molecule has 0 amide bonds. The second-order valence-corrected chi connectivity index (χ2v) is 7.17. The summed E-state index contributed by atoms with van der Waals surface area (Å²) in [6, 6.07) is 22.5. The van der Waals surface area contributed by atoms with E-state index in [0.717, 1.165) is 16.9 Å². The van der Waals surface area contributed by atoms with Crippen molar-refractivity contribution in [2.24, 2.45) is 0 Å². The molecule has 0 bridgehead atoms. The summed E-state index contributed by atoms with van der Waals surface area (Å²) in [5.41, 5.74) is 1.20. The molecular formula is C23H24O3. The van der Waals surface area contributed by atoms with Crippen molar-refractivity contribution in [3.05, 3.63) is 77.9 Å². The van der Waals surface area contributed by atoms with E-state index in [9.17, 15) is 5.11 Å². The highest BCUT2D eigenvalue weighted by molar-refractivity contribution is 5.82. The van der Waals surface area contributed by atoms with Crippen LogP contribution in [0.25, 0.3) is 10.8 Å². The van der Waals surface area contributed by atoms with Crippen LogP contribution in [0.2, 0.25) is 0 Å². The van der Waals surface area contributed by atoms with Gasteiger partial charge >= 0.3 is 0 Å². The molecule has 3 aromatic rings. The van der Waals surface area contributed by atoms with Crippen molar-refractivity contribution < 1.29 is 14.6 Å². The lowest BCUT2D eigenvalue weighted by Crippen LogP contribution is -2.37. The van der Waals surface area contributed by atoms with E-state index in [1.807, 2.05) is 43.3 Å². The lowest BCUT2D eigenvalue weighted by molar-refractivity contribution is -0.101. The summed E-state index contributed by atoms with van der Waals surface area (Å²) in [5.74, 6) is 0.781. The highest BCUT2D eigenvalue weighted by atomic mass is 16.5. The van der Waals surface area contributed by atoms with Crippen molar-refractivity contribution >= 4 is 10.8 Å². The number of aliphatic hydroxyl groups is 1. The van der Waals surface area contributed by atoms with E-state index < -0.39 is 5.60 Å². The Kier molecular flexibility index (Phi) is 4.66.